The first-order chi connectivity index (χ1) is 8.54. The second-order valence-electron chi connectivity index (χ2n) is 5.86. The number of hydrogen-bond donors (Lipinski definition) is 1. The minimum Gasteiger partial charge on any atom is -0.327 e. The summed E-state index contributed by atoms with van der Waals surface area (Å²) in [5.74, 6) is 1.24. The summed E-state index contributed by atoms with van der Waals surface area (Å²) in [5.41, 5.74) is 7.55. The Bertz CT molecular complexity index is 373. The molecule has 2 nitrogen and oxygen atoms in total. The average Bonchev–Trinajstić information content (AvgIpc) is 2.28. The molecule has 1 aromatic rings. The van der Waals surface area contributed by atoms with Crippen LogP contribution in [0.1, 0.15) is 31.7 Å². The highest BCUT2D eigenvalue weighted by Gasteiger charge is 2.26. The molecule has 0 spiro atoms. The highest BCUT2D eigenvalue weighted by molar-refractivity contribution is 6.30. The van der Waals surface area contributed by atoms with E-state index in [2.05, 4.69) is 30.9 Å². The van der Waals surface area contributed by atoms with Crippen molar-refractivity contribution < 1.29 is 0 Å². The highest BCUT2D eigenvalue weighted by Crippen LogP contribution is 2.27. The first-order valence-electron chi connectivity index (χ1n) is 6.78. The van der Waals surface area contributed by atoms with Gasteiger partial charge in [-0.1, -0.05) is 37.6 Å². The molecule has 0 aromatic heterocycles. The maximum Gasteiger partial charge on any atom is 0.0406 e. The molecule has 1 aliphatic rings. The predicted molar refractivity (Wildman–Crippen MR) is 78.1 cm³/mol. The second kappa shape index (κ2) is 6.05. The molecule has 18 heavy (non-hydrogen) atoms. The van der Waals surface area contributed by atoms with Gasteiger partial charge in [0.2, 0.25) is 0 Å². The van der Waals surface area contributed by atoms with Crippen molar-refractivity contribution in [1.82, 2.24) is 4.90 Å². The smallest absolute Gasteiger partial charge is 0.0406 e. The van der Waals surface area contributed by atoms with E-state index in [-0.39, 0.29) is 6.04 Å². The summed E-state index contributed by atoms with van der Waals surface area (Å²) in [6, 6.07) is 8.52. The summed E-state index contributed by atoms with van der Waals surface area (Å²) in [7, 11) is 0. The number of halogens is 1. The van der Waals surface area contributed by atoms with Crippen molar-refractivity contribution in [2.45, 2.75) is 32.2 Å². The molecular weight excluding hydrogens is 244 g/mol. The average molecular weight is 267 g/mol. The number of nitrogens with two attached hydrogens (primary N) is 1. The minimum absolute atomic E-state index is 0.290. The van der Waals surface area contributed by atoms with Gasteiger partial charge in [0, 0.05) is 30.7 Å². The van der Waals surface area contributed by atoms with Crippen LogP contribution in [0.4, 0.5) is 0 Å². The standard InChI is InChI=1S/C15H23ClN2/c1-11(2)8-18-9-13(7-15(17)10-18)12-3-5-14(16)6-4-12/h3-6,11,13,15H,7-10,17H2,1-2H3. The molecule has 1 heterocycles. The van der Waals surface area contributed by atoms with Gasteiger partial charge in [0.25, 0.3) is 0 Å². The normalized spacial score (nSPS) is 25.6. The molecule has 0 aliphatic carbocycles. The third-order valence-corrected chi connectivity index (χ3v) is 3.78. The lowest BCUT2D eigenvalue weighted by Gasteiger charge is -2.37. The Morgan fingerprint density at radius 2 is 1.94 bits per heavy atom. The lowest BCUT2D eigenvalue weighted by atomic mass is 9.88. The lowest BCUT2D eigenvalue weighted by Crippen LogP contribution is -2.47. The molecule has 0 amide bonds. The summed E-state index contributed by atoms with van der Waals surface area (Å²) >= 11 is 5.94. The molecule has 1 aromatic carbocycles. The topological polar surface area (TPSA) is 29.3 Å². The zero-order valence-corrected chi connectivity index (χ0v) is 12.0. The van der Waals surface area contributed by atoms with Gasteiger partial charge in [-0.25, -0.2) is 0 Å². The molecule has 1 fully saturated rings. The Hall–Kier alpha value is -0.570. The van der Waals surface area contributed by atoms with Crippen molar-refractivity contribution >= 4 is 11.6 Å². The zero-order valence-electron chi connectivity index (χ0n) is 11.3. The van der Waals surface area contributed by atoms with Gasteiger partial charge in [0.1, 0.15) is 0 Å². The summed E-state index contributed by atoms with van der Waals surface area (Å²) in [6.45, 7) is 7.81. The van der Waals surface area contributed by atoms with Crippen molar-refractivity contribution in [2.75, 3.05) is 19.6 Å². The molecule has 2 N–H and O–H groups in total. The van der Waals surface area contributed by atoms with E-state index < -0.39 is 0 Å². The molecule has 2 unspecified atom stereocenters. The second-order valence-corrected chi connectivity index (χ2v) is 6.29. The van der Waals surface area contributed by atoms with Crippen molar-refractivity contribution in [3.63, 3.8) is 0 Å². The van der Waals surface area contributed by atoms with Gasteiger partial charge in [0.15, 0.2) is 0 Å². The lowest BCUT2D eigenvalue weighted by molar-refractivity contribution is 0.171. The van der Waals surface area contributed by atoms with Gasteiger partial charge in [-0.3, -0.25) is 0 Å². The van der Waals surface area contributed by atoms with Crippen LogP contribution in [0.15, 0.2) is 24.3 Å². The number of likely N-dealkylation sites (tertiary alicyclic amines) is 1. The van der Waals surface area contributed by atoms with Gasteiger partial charge in [0.05, 0.1) is 0 Å². The van der Waals surface area contributed by atoms with Gasteiger partial charge in [-0.05, 0) is 36.0 Å². The largest absolute Gasteiger partial charge is 0.327 e. The fourth-order valence-electron chi connectivity index (χ4n) is 2.87. The minimum atomic E-state index is 0.290. The first-order valence-corrected chi connectivity index (χ1v) is 7.15. The van der Waals surface area contributed by atoms with E-state index in [1.54, 1.807) is 0 Å². The van der Waals surface area contributed by atoms with Gasteiger partial charge >= 0.3 is 0 Å². The van der Waals surface area contributed by atoms with Crippen LogP contribution in [0.25, 0.3) is 0 Å². The van der Waals surface area contributed by atoms with E-state index in [9.17, 15) is 0 Å². The van der Waals surface area contributed by atoms with E-state index in [0.29, 0.717) is 11.8 Å². The number of piperidine rings is 1. The van der Waals surface area contributed by atoms with Crippen LogP contribution in [0.2, 0.25) is 5.02 Å². The number of benzene rings is 1. The Balaban J connectivity index is 2.06. The summed E-state index contributed by atoms with van der Waals surface area (Å²) < 4.78 is 0. The molecule has 0 radical (unpaired) electrons. The Morgan fingerprint density at radius 1 is 1.28 bits per heavy atom. The molecular formula is C15H23ClN2. The van der Waals surface area contributed by atoms with Gasteiger partial charge in [-0.2, -0.15) is 0 Å². The van der Waals surface area contributed by atoms with E-state index in [1.165, 1.54) is 5.56 Å². The van der Waals surface area contributed by atoms with Crippen LogP contribution >= 0.6 is 11.6 Å². The molecule has 1 saturated heterocycles. The van der Waals surface area contributed by atoms with Gasteiger partial charge < -0.3 is 10.6 Å². The van der Waals surface area contributed by atoms with E-state index in [0.717, 1.165) is 31.1 Å². The summed E-state index contributed by atoms with van der Waals surface area (Å²) in [6.07, 6.45) is 1.08. The van der Waals surface area contributed by atoms with Crippen LogP contribution < -0.4 is 5.73 Å². The molecule has 1 aliphatic heterocycles. The zero-order chi connectivity index (χ0) is 13.1. The van der Waals surface area contributed by atoms with Crippen LogP contribution in [-0.4, -0.2) is 30.6 Å². The van der Waals surface area contributed by atoms with E-state index in [1.807, 2.05) is 12.1 Å². The monoisotopic (exact) mass is 266 g/mol. The number of hydrogen-bond acceptors (Lipinski definition) is 2. The molecule has 3 heteroatoms. The molecule has 100 valence electrons. The third-order valence-electron chi connectivity index (χ3n) is 3.52. The molecule has 2 atom stereocenters. The maximum atomic E-state index is 6.19. The van der Waals surface area contributed by atoms with E-state index in [4.69, 9.17) is 17.3 Å². The van der Waals surface area contributed by atoms with Crippen LogP contribution in [-0.2, 0) is 0 Å². The maximum absolute atomic E-state index is 6.19. The van der Waals surface area contributed by atoms with Crippen molar-refractivity contribution in [3.05, 3.63) is 34.9 Å². The SMILES string of the molecule is CC(C)CN1CC(N)CC(c2ccc(Cl)cc2)C1. The molecule has 2 rings (SSSR count). The number of rotatable bonds is 3. The fraction of sp³-hybridized carbons (Fsp3) is 0.600. The van der Waals surface area contributed by atoms with Crippen LogP contribution in [0.3, 0.4) is 0 Å². The van der Waals surface area contributed by atoms with E-state index >= 15 is 0 Å². The third kappa shape index (κ3) is 3.71. The Kier molecular flexibility index (Phi) is 4.66. The van der Waals surface area contributed by atoms with Crippen molar-refractivity contribution in [1.29, 1.82) is 0 Å². The van der Waals surface area contributed by atoms with Crippen LogP contribution in [0, 0.1) is 5.92 Å². The highest BCUT2D eigenvalue weighted by atomic mass is 35.5. The van der Waals surface area contributed by atoms with Crippen LogP contribution in [0.5, 0.6) is 0 Å². The molecule has 0 saturated carbocycles. The first kappa shape index (κ1) is 13.9. The quantitative estimate of drug-likeness (QED) is 0.911. The number of nitrogens with zero attached hydrogens (tertiary/aromatic N) is 1. The fourth-order valence-corrected chi connectivity index (χ4v) is 3.00. The molecule has 0 bridgehead atoms. The summed E-state index contributed by atoms with van der Waals surface area (Å²) in [5, 5.41) is 0.804. The summed E-state index contributed by atoms with van der Waals surface area (Å²) in [4.78, 5) is 2.50. The van der Waals surface area contributed by atoms with Crippen molar-refractivity contribution in [2.24, 2.45) is 11.7 Å². The van der Waals surface area contributed by atoms with Gasteiger partial charge in [-0.15, -0.1) is 0 Å². The Labute approximate surface area is 115 Å². The van der Waals surface area contributed by atoms with Crippen molar-refractivity contribution in [3.8, 4) is 0 Å². The predicted octanol–water partition coefficient (Wildman–Crippen LogP) is 3.11. The Morgan fingerprint density at radius 3 is 2.56 bits per heavy atom.